The minimum absolute atomic E-state index is 0.112. The van der Waals surface area contributed by atoms with Crippen LogP contribution in [0.15, 0.2) is 139 Å². The van der Waals surface area contributed by atoms with Crippen molar-refractivity contribution >= 4 is 50.3 Å². The Bertz CT molecular complexity index is 1950. The van der Waals surface area contributed by atoms with Gasteiger partial charge >= 0.3 is 0 Å². The number of pyridine rings is 1. The Morgan fingerprint density at radius 3 is 2.50 bits per heavy atom. The van der Waals surface area contributed by atoms with E-state index in [1.807, 2.05) is 57.2 Å². The second-order valence-electron chi connectivity index (χ2n) is 10.2. The number of allylic oxidation sites excluding steroid dienone is 12. The number of hydrogen-bond acceptors (Lipinski definition) is 2. The average molecular weight is 549 g/mol. The lowest BCUT2D eigenvalue weighted by Crippen LogP contribution is -2.03. The molecule has 1 aliphatic rings. The van der Waals surface area contributed by atoms with Gasteiger partial charge in [-0.05, 0) is 68.5 Å². The van der Waals surface area contributed by atoms with E-state index in [0.717, 1.165) is 51.7 Å². The number of nitrogens with one attached hydrogen (secondary N) is 1. The predicted octanol–water partition coefficient (Wildman–Crippen LogP) is 10.0. The van der Waals surface area contributed by atoms with Gasteiger partial charge in [-0.1, -0.05) is 104 Å². The highest BCUT2D eigenvalue weighted by atomic mass is 15.0. The summed E-state index contributed by atoms with van der Waals surface area (Å²) in [5.74, 6) is 0.112. The molecule has 0 radical (unpaired) electrons. The number of benzene rings is 2. The highest BCUT2D eigenvalue weighted by Crippen LogP contribution is 2.39. The van der Waals surface area contributed by atoms with E-state index in [1.165, 1.54) is 16.5 Å². The maximum atomic E-state index is 8.62. The molecule has 0 atom stereocenters. The first-order valence-corrected chi connectivity index (χ1v) is 14.3. The Hall–Kier alpha value is -5.09. The summed E-state index contributed by atoms with van der Waals surface area (Å²) >= 11 is 0. The van der Waals surface area contributed by atoms with Crippen LogP contribution in [0.4, 0.5) is 0 Å². The molecule has 0 saturated heterocycles. The fourth-order valence-corrected chi connectivity index (χ4v) is 5.37. The van der Waals surface area contributed by atoms with Gasteiger partial charge in [-0.25, -0.2) is 9.98 Å². The Morgan fingerprint density at radius 2 is 1.79 bits per heavy atom. The molecular weight excluding hydrogens is 512 g/mol. The highest BCUT2D eigenvalue weighted by Gasteiger charge is 2.22. The lowest BCUT2D eigenvalue weighted by Gasteiger charge is -2.19. The van der Waals surface area contributed by atoms with Gasteiger partial charge in [0, 0.05) is 27.8 Å². The molecule has 42 heavy (non-hydrogen) atoms. The van der Waals surface area contributed by atoms with Crippen LogP contribution in [0.1, 0.15) is 44.7 Å². The Morgan fingerprint density at radius 1 is 1.02 bits per heavy atom. The minimum Gasteiger partial charge on any atom is -0.292 e. The first kappa shape index (κ1) is 28.4. The zero-order valence-electron chi connectivity index (χ0n) is 24.6. The SMILES string of the molecule is C=C/C(=C\C=C/C)C(C)=NC(=N)C(=C)/C=C\C(=C/C)c1c(C2=CCCC=C2)c2ccccc2n2c1nc1ccccc12. The summed E-state index contributed by atoms with van der Waals surface area (Å²) in [5.41, 5.74) is 10.6. The maximum absolute atomic E-state index is 8.62. The molecule has 1 aliphatic carbocycles. The molecule has 2 heterocycles. The number of amidine groups is 1. The van der Waals surface area contributed by atoms with Gasteiger partial charge in [0.15, 0.2) is 5.84 Å². The molecule has 5 rings (SSSR count). The molecule has 4 aromatic rings. The zero-order valence-corrected chi connectivity index (χ0v) is 24.6. The van der Waals surface area contributed by atoms with Gasteiger partial charge in [0.05, 0.1) is 16.6 Å². The summed E-state index contributed by atoms with van der Waals surface area (Å²) in [4.78, 5) is 9.68. The van der Waals surface area contributed by atoms with Crippen LogP contribution in [0.25, 0.3) is 38.7 Å². The second-order valence-corrected chi connectivity index (χ2v) is 10.2. The summed E-state index contributed by atoms with van der Waals surface area (Å²) in [6.45, 7) is 13.9. The van der Waals surface area contributed by atoms with E-state index >= 15 is 0 Å². The Kier molecular flexibility index (Phi) is 8.54. The van der Waals surface area contributed by atoms with E-state index in [-0.39, 0.29) is 5.84 Å². The summed E-state index contributed by atoms with van der Waals surface area (Å²) in [6, 6.07) is 16.9. The summed E-state index contributed by atoms with van der Waals surface area (Å²) in [6.07, 6.45) is 22.4. The number of aliphatic imine (C=N–C) groups is 1. The van der Waals surface area contributed by atoms with Crippen LogP contribution in [0.2, 0.25) is 0 Å². The van der Waals surface area contributed by atoms with Crippen molar-refractivity contribution in [2.45, 2.75) is 33.6 Å². The molecule has 0 bridgehead atoms. The van der Waals surface area contributed by atoms with Crippen molar-refractivity contribution in [3.63, 3.8) is 0 Å². The fourth-order valence-electron chi connectivity index (χ4n) is 5.37. The van der Waals surface area contributed by atoms with Crippen molar-refractivity contribution in [2.24, 2.45) is 4.99 Å². The first-order valence-electron chi connectivity index (χ1n) is 14.3. The van der Waals surface area contributed by atoms with Crippen LogP contribution in [-0.4, -0.2) is 20.9 Å². The van der Waals surface area contributed by atoms with Gasteiger partial charge in [0.25, 0.3) is 0 Å². The topological polar surface area (TPSA) is 53.5 Å². The third kappa shape index (κ3) is 5.44. The molecule has 208 valence electrons. The van der Waals surface area contributed by atoms with Crippen LogP contribution < -0.4 is 0 Å². The van der Waals surface area contributed by atoms with E-state index in [4.69, 9.17) is 10.4 Å². The third-order valence-electron chi connectivity index (χ3n) is 7.49. The minimum atomic E-state index is 0.112. The first-order chi connectivity index (χ1) is 20.5. The monoisotopic (exact) mass is 548 g/mol. The number of imidazole rings is 1. The molecule has 4 heteroatoms. The molecule has 0 saturated carbocycles. The van der Waals surface area contributed by atoms with Crippen LogP contribution in [-0.2, 0) is 0 Å². The molecule has 0 aliphatic heterocycles. The molecular formula is C38H36N4. The second kappa shape index (κ2) is 12.6. The normalized spacial score (nSPS) is 14.9. The van der Waals surface area contributed by atoms with Crippen molar-refractivity contribution in [1.29, 1.82) is 5.41 Å². The Balaban J connectivity index is 1.68. The van der Waals surface area contributed by atoms with Gasteiger partial charge in [0.2, 0.25) is 0 Å². The van der Waals surface area contributed by atoms with Crippen LogP contribution in [0.5, 0.6) is 0 Å². The van der Waals surface area contributed by atoms with Crippen molar-refractivity contribution < 1.29 is 0 Å². The quantitative estimate of drug-likeness (QED) is 0.133. The molecule has 4 nitrogen and oxygen atoms in total. The highest BCUT2D eigenvalue weighted by molar-refractivity contribution is 6.12. The molecule has 2 aromatic carbocycles. The molecule has 0 spiro atoms. The number of fused-ring (bicyclic) bond motifs is 5. The van der Waals surface area contributed by atoms with Crippen LogP contribution >= 0.6 is 0 Å². The molecule has 0 fully saturated rings. The van der Waals surface area contributed by atoms with Gasteiger partial charge in [-0.3, -0.25) is 9.81 Å². The van der Waals surface area contributed by atoms with E-state index in [9.17, 15) is 0 Å². The lowest BCUT2D eigenvalue weighted by atomic mass is 9.88. The largest absolute Gasteiger partial charge is 0.292 e. The predicted molar refractivity (Wildman–Crippen MR) is 182 cm³/mol. The molecule has 1 N–H and O–H groups in total. The zero-order chi connectivity index (χ0) is 29.6. The number of aromatic nitrogens is 2. The molecule has 0 unspecified atom stereocenters. The summed E-state index contributed by atoms with van der Waals surface area (Å²) < 4.78 is 2.27. The van der Waals surface area contributed by atoms with Crippen molar-refractivity contribution in [1.82, 2.24) is 9.38 Å². The standard InChI is InChI=1S/C38H36N4/c1-6-9-17-28(7-2)27(5)40-37(39)26(4)24-25-29(8-3)36-35(30-18-11-10-12-19-30)31-20-13-15-22-33(31)42-34-23-16-14-21-32(34)41-38(36)42/h6-9,11,13-25,39H,2,4,10,12H2,1,3,5H3/b9-6-,25-24-,28-17+,29-8+,39-37?,40-27?. The van der Waals surface area contributed by atoms with E-state index in [2.05, 4.69) is 89.3 Å². The van der Waals surface area contributed by atoms with Gasteiger partial charge in [-0.15, -0.1) is 0 Å². The van der Waals surface area contributed by atoms with Crippen molar-refractivity contribution in [3.05, 3.63) is 145 Å². The lowest BCUT2D eigenvalue weighted by molar-refractivity contribution is 1.04. The maximum Gasteiger partial charge on any atom is 0.151 e. The number of nitrogens with zero attached hydrogens (tertiary/aromatic N) is 3. The molecule has 0 amide bonds. The van der Waals surface area contributed by atoms with E-state index < -0.39 is 0 Å². The van der Waals surface area contributed by atoms with Gasteiger partial charge < -0.3 is 0 Å². The van der Waals surface area contributed by atoms with Crippen LogP contribution in [0, 0.1) is 5.41 Å². The smallest absolute Gasteiger partial charge is 0.151 e. The van der Waals surface area contributed by atoms with E-state index in [1.54, 1.807) is 6.08 Å². The third-order valence-corrected chi connectivity index (χ3v) is 7.49. The van der Waals surface area contributed by atoms with Crippen molar-refractivity contribution in [2.75, 3.05) is 0 Å². The number of hydrogen-bond donors (Lipinski definition) is 1. The van der Waals surface area contributed by atoms with Crippen LogP contribution in [0.3, 0.4) is 0 Å². The van der Waals surface area contributed by atoms with Gasteiger partial charge in [-0.2, -0.15) is 0 Å². The summed E-state index contributed by atoms with van der Waals surface area (Å²) in [7, 11) is 0. The molecule has 2 aromatic heterocycles. The van der Waals surface area contributed by atoms with Gasteiger partial charge in [0.1, 0.15) is 5.65 Å². The summed E-state index contributed by atoms with van der Waals surface area (Å²) in [5, 5.41) is 9.79. The Labute approximate surface area is 248 Å². The number of rotatable bonds is 8. The van der Waals surface area contributed by atoms with E-state index in [0.29, 0.717) is 11.3 Å². The van der Waals surface area contributed by atoms with Crippen molar-refractivity contribution in [3.8, 4) is 0 Å². The fraction of sp³-hybridized carbons (Fsp3) is 0.132. The number of para-hydroxylation sites is 3. The average Bonchev–Trinajstić information content (AvgIpc) is 3.41.